The third kappa shape index (κ3) is 3.40. The SMILES string of the molecule is COC(=O)c1ccc(N(C)S(=O)(=O)N2CCN(C)CC2)cc1. The highest BCUT2D eigenvalue weighted by Crippen LogP contribution is 2.20. The van der Waals surface area contributed by atoms with Crippen LogP contribution in [0, 0.1) is 0 Å². The van der Waals surface area contributed by atoms with Gasteiger partial charge in [-0.3, -0.25) is 4.31 Å². The highest BCUT2D eigenvalue weighted by Gasteiger charge is 2.29. The number of nitrogens with zero attached hydrogens (tertiary/aromatic N) is 3. The second-order valence-corrected chi connectivity index (χ2v) is 7.18. The van der Waals surface area contributed by atoms with Gasteiger partial charge in [0, 0.05) is 33.2 Å². The zero-order chi connectivity index (χ0) is 16.3. The van der Waals surface area contributed by atoms with E-state index in [1.54, 1.807) is 24.3 Å². The Labute approximate surface area is 131 Å². The fraction of sp³-hybridized carbons (Fsp3) is 0.500. The van der Waals surface area contributed by atoms with Gasteiger partial charge in [0.15, 0.2) is 0 Å². The molecule has 1 heterocycles. The van der Waals surface area contributed by atoms with Gasteiger partial charge in [-0.2, -0.15) is 12.7 Å². The first-order valence-electron chi connectivity index (χ1n) is 6.97. The van der Waals surface area contributed by atoms with Gasteiger partial charge < -0.3 is 9.64 Å². The van der Waals surface area contributed by atoms with E-state index in [1.807, 2.05) is 7.05 Å². The maximum absolute atomic E-state index is 12.6. The summed E-state index contributed by atoms with van der Waals surface area (Å²) >= 11 is 0. The Bertz CT molecular complexity index is 622. The average molecular weight is 327 g/mol. The lowest BCUT2D eigenvalue weighted by atomic mass is 10.2. The zero-order valence-corrected chi connectivity index (χ0v) is 13.8. The van der Waals surface area contributed by atoms with Gasteiger partial charge in [-0.1, -0.05) is 0 Å². The summed E-state index contributed by atoms with van der Waals surface area (Å²) in [6.45, 7) is 2.38. The van der Waals surface area contributed by atoms with Gasteiger partial charge >= 0.3 is 16.2 Å². The largest absolute Gasteiger partial charge is 0.465 e. The molecule has 0 aromatic heterocycles. The molecule has 0 unspecified atom stereocenters. The second kappa shape index (κ2) is 6.64. The first-order valence-corrected chi connectivity index (χ1v) is 8.37. The molecule has 1 aliphatic heterocycles. The normalized spacial score (nSPS) is 17.2. The van der Waals surface area contributed by atoms with Crippen molar-refractivity contribution in [2.75, 3.05) is 51.7 Å². The molecule has 0 spiro atoms. The summed E-state index contributed by atoms with van der Waals surface area (Å²) < 4.78 is 32.6. The van der Waals surface area contributed by atoms with Crippen molar-refractivity contribution in [1.82, 2.24) is 9.21 Å². The fourth-order valence-electron chi connectivity index (χ4n) is 2.25. The molecule has 7 nitrogen and oxygen atoms in total. The number of rotatable bonds is 4. The number of carbonyl (C=O) groups excluding carboxylic acids is 1. The molecule has 1 saturated heterocycles. The van der Waals surface area contributed by atoms with Crippen molar-refractivity contribution in [3.63, 3.8) is 0 Å². The summed E-state index contributed by atoms with van der Waals surface area (Å²) in [4.78, 5) is 13.5. The number of anilines is 1. The van der Waals surface area contributed by atoms with E-state index in [-0.39, 0.29) is 0 Å². The van der Waals surface area contributed by atoms with E-state index in [0.717, 1.165) is 0 Å². The lowest BCUT2D eigenvalue weighted by molar-refractivity contribution is 0.0601. The number of hydrogen-bond acceptors (Lipinski definition) is 5. The lowest BCUT2D eigenvalue weighted by Crippen LogP contribution is -2.51. The average Bonchev–Trinajstić information content (AvgIpc) is 2.54. The molecular formula is C14H21N3O4S. The number of carbonyl (C=O) groups is 1. The predicted octanol–water partition coefficient (Wildman–Crippen LogP) is 0.402. The summed E-state index contributed by atoms with van der Waals surface area (Å²) in [6.07, 6.45) is 0. The van der Waals surface area contributed by atoms with Crippen LogP contribution in [0.2, 0.25) is 0 Å². The molecule has 0 atom stereocenters. The van der Waals surface area contributed by atoms with Crippen LogP contribution in [-0.2, 0) is 14.9 Å². The van der Waals surface area contributed by atoms with E-state index < -0.39 is 16.2 Å². The molecule has 0 bridgehead atoms. The minimum atomic E-state index is -3.55. The number of esters is 1. The molecule has 22 heavy (non-hydrogen) atoms. The molecular weight excluding hydrogens is 306 g/mol. The van der Waals surface area contributed by atoms with E-state index in [4.69, 9.17) is 0 Å². The summed E-state index contributed by atoms with van der Waals surface area (Å²) in [6, 6.07) is 6.30. The van der Waals surface area contributed by atoms with Gasteiger partial charge in [-0.25, -0.2) is 4.79 Å². The smallest absolute Gasteiger partial charge is 0.337 e. The lowest BCUT2D eigenvalue weighted by Gasteiger charge is -2.34. The molecule has 0 N–H and O–H groups in total. The van der Waals surface area contributed by atoms with E-state index >= 15 is 0 Å². The van der Waals surface area contributed by atoms with Gasteiger partial charge in [0.2, 0.25) is 0 Å². The fourth-order valence-corrected chi connectivity index (χ4v) is 3.61. The van der Waals surface area contributed by atoms with Gasteiger partial charge in [0.05, 0.1) is 18.4 Å². The minimum absolute atomic E-state index is 0.386. The predicted molar refractivity (Wildman–Crippen MR) is 84.2 cm³/mol. The molecule has 122 valence electrons. The van der Waals surface area contributed by atoms with Crippen LogP contribution in [0.15, 0.2) is 24.3 Å². The highest BCUT2D eigenvalue weighted by atomic mass is 32.2. The van der Waals surface area contributed by atoms with E-state index in [0.29, 0.717) is 37.4 Å². The third-order valence-electron chi connectivity index (χ3n) is 3.79. The molecule has 0 radical (unpaired) electrons. The number of benzene rings is 1. The summed E-state index contributed by atoms with van der Waals surface area (Å²) in [7, 11) is 1.24. The Morgan fingerprint density at radius 3 is 2.18 bits per heavy atom. The Hall–Kier alpha value is -1.64. The van der Waals surface area contributed by atoms with Crippen LogP contribution in [0.25, 0.3) is 0 Å². The van der Waals surface area contributed by atoms with Crippen molar-refractivity contribution in [1.29, 1.82) is 0 Å². The third-order valence-corrected chi connectivity index (χ3v) is 5.71. The highest BCUT2D eigenvalue weighted by molar-refractivity contribution is 7.90. The van der Waals surface area contributed by atoms with Crippen molar-refractivity contribution in [3.05, 3.63) is 29.8 Å². The van der Waals surface area contributed by atoms with Crippen LogP contribution < -0.4 is 4.31 Å². The minimum Gasteiger partial charge on any atom is -0.465 e. The van der Waals surface area contributed by atoms with Crippen molar-refractivity contribution >= 4 is 21.9 Å². The van der Waals surface area contributed by atoms with Crippen LogP contribution in [0.5, 0.6) is 0 Å². The van der Waals surface area contributed by atoms with E-state index in [9.17, 15) is 13.2 Å². The Kier molecular flexibility index (Phi) is 5.05. The van der Waals surface area contributed by atoms with Gasteiger partial charge in [0.25, 0.3) is 0 Å². The van der Waals surface area contributed by atoms with E-state index in [2.05, 4.69) is 9.64 Å². The maximum atomic E-state index is 12.6. The number of methoxy groups -OCH3 is 1. The molecule has 2 rings (SSSR count). The molecule has 0 saturated carbocycles. The standard InChI is InChI=1S/C14H21N3O4S/c1-15-8-10-17(11-9-15)22(19,20)16(2)13-6-4-12(5-7-13)14(18)21-3/h4-7H,8-11H2,1-3H3. The molecule has 8 heteroatoms. The first kappa shape index (κ1) is 16.7. The quantitative estimate of drug-likeness (QED) is 0.749. The number of piperazine rings is 1. The molecule has 1 aromatic carbocycles. The summed E-state index contributed by atoms with van der Waals surface area (Å²) in [5, 5.41) is 0. The van der Waals surface area contributed by atoms with Crippen LogP contribution in [0.3, 0.4) is 0 Å². The van der Waals surface area contributed by atoms with Gasteiger partial charge in [-0.05, 0) is 31.3 Å². The number of hydrogen-bond donors (Lipinski definition) is 0. The topological polar surface area (TPSA) is 70.2 Å². The Morgan fingerprint density at radius 1 is 1.14 bits per heavy atom. The first-order chi connectivity index (χ1) is 10.4. The maximum Gasteiger partial charge on any atom is 0.337 e. The monoisotopic (exact) mass is 327 g/mol. The summed E-state index contributed by atoms with van der Waals surface area (Å²) in [5.41, 5.74) is 0.892. The molecule has 1 fully saturated rings. The van der Waals surface area contributed by atoms with Crippen molar-refractivity contribution in [2.45, 2.75) is 0 Å². The van der Waals surface area contributed by atoms with Crippen LogP contribution in [0.1, 0.15) is 10.4 Å². The number of ether oxygens (including phenoxy) is 1. The second-order valence-electron chi connectivity index (χ2n) is 5.22. The van der Waals surface area contributed by atoms with Crippen LogP contribution in [-0.4, -0.2) is 71.0 Å². The van der Waals surface area contributed by atoms with Crippen molar-refractivity contribution < 1.29 is 17.9 Å². The van der Waals surface area contributed by atoms with Crippen LogP contribution in [0.4, 0.5) is 5.69 Å². The van der Waals surface area contributed by atoms with Gasteiger partial charge in [0.1, 0.15) is 0 Å². The Morgan fingerprint density at radius 2 is 1.68 bits per heavy atom. The van der Waals surface area contributed by atoms with Crippen LogP contribution >= 0.6 is 0 Å². The van der Waals surface area contributed by atoms with E-state index in [1.165, 1.54) is 22.8 Å². The molecule has 1 aromatic rings. The van der Waals surface area contributed by atoms with Crippen molar-refractivity contribution in [3.8, 4) is 0 Å². The molecule has 0 aliphatic carbocycles. The molecule has 0 amide bonds. The van der Waals surface area contributed by atoms with Gasteiger partial charge in [-0.15, -0.1) is 0 Å². The number of likely N-dealkylation sites (N-methyl/N-ethyl adjacent to an activating group) is 1. The molecule has 1 aliphatic rings. The Balaban J connectivity index is 2.16. The summed E-state index contributed by atoms with van der Waals surface area (Å²) in [5.74, 6) is -0.448. The zero-order valence-electron chi connectivity index (χ0n) is 13.0. The van der Waals surface area contributed by atoms with Crippen molar-refractivity contribution in [2.24, 2.45) is 0 Å².